The molecule has 0 fully saturated rings. The second-order valence-corrected chi connectivity index (χ2v) is 6.44. The molecule has 0 radical (unpaired) electrons. The van der Waals surface area contributed by atoms with Crippen LogP contribution in [0.4, 0.5) is 0 Å². The second-order valence-electron chi connectivity index (χ2n) is 6.44. The van der Waals surface area contributed by atoms with Crippen LogP contribution in [0, 0.1) is 0 Å². The molecule has 0 unspecified atom stereocenters. The summed E-state index contributed by atoms with van der Waals surface area (Å²) in [6, 6.07) is 13.8. The Labute approximate surface area is 171 Å². The van der Waals surface area contributed by atoms with E-state index < -0.39 is 11.7 Å². The van der Waals surface area contributed by atoms with Crippen LogP contribution in [0.5, 0.6) is 11.5 Å². The third-order valence-corrected chi connectivity index (χ3v) is 4.58. The average Bonchev–Trinajstić information content (AvgIpc) is 2.73. The van der Waals surface area contributed by atoms with Crippen LogP contribution in [-0.4, -0.2) is 42.9 Å². The molecule has 0 atom stereocenters. The van der Waals surface area contributed by atoms with Crippen LogP contribution in [0.3, 0.4) is 0 Å². The molecule has 0 bridgehead atoms. The van der Waals surface area contributed by atoms with Crippen molar-refractivity contribution in [2.75, 3.05) is 26.4 Å². The summed E-state index contributed by atoms with van der Waals surface area (Å²) in [6.07, 6.45) is 2.02. The van der Waals surface area contributed by atoms with Crippen LogP contribution in [-0.2, 0) is 24.4 Å². The predicted octanol–water partition coefficient (Wildman–Crippen LogP) is 4.08. The molecule has 2 rings (SSSR count). The van der Waals surface area contributed by atoms with E-state index in [1.54, 1.807) is 24.3 Å². The lowest BCUT2D eigenvalue weighted by Crippen LogP contribution is -2.43. The monoisotopic (exact) mass is 400 g/mol. The molecular formula is C23H28O6. The van der Waals surface area contributed by atoms with Crippen LogP contribution in [0.1, 0.15) is 18.1 Å². The van der Waals surface area contributed by atoms with Crippen molar-refractivity contribution in [1.29, 1.82) is 0 Å². The normalized spacial score (nSPS) is 11.2. The van der Waals surface area contributed by atoms with Gasteiger partial charge in [0.25, 0.3) is 0 Å². The molecule has 2 aromatic carbocycles. The van der Waals surface area contributed by atoms with Gasteiger partial charge in [-0.15, -0.1) is 0 Å². The fraction of sp³-hybridized carbons (Fsp3) is 0.304. The first-order chi connectivity index (χ1) is 14.0. The minimum atomic E-state index is -0.746. The highest BCUT2D eigenvalue weighted by Crippen LogP contribution is 2.38. The zero-order chi connectivity index (χ0) is 21.1. The van der Waals surface area contributed by atoms with Gasteiger partial charge in [0.2, 0.25) is 0 Å². The fourth-order valence-electron chi connectivity index (χ4n) is 3.01. The van der Waals surface area contributed by atoms with Crippen molar-refractivity contribution in [3.8, 4) is 11.5 Å². The maximum atomic E-state index is 9.72. The number of hydrogen-bond donors (Lipinski definition) is 2. The lowest BCUT2D eigenvalue weighted by atomic mass is 9.75. The van der Waals surface area contributed by atoms with E-state index in [9.17, 15) is 10.2 Å². The summed E-state index contributed by atoms with van der Waals surface area (Å²) >= 11 is 0. The van der Waals surface area contributed by atoms with Gasteiger partial charge in [-0.3, -0.25) is 0 Å². The lowest BCUT2D eigenvalue weighted by molar-refractivity contribution is -0.180. The van der Waals surface area contributed by atoms with Gasteiger partial charge >= 0.3 is 0 Å². The van der Waals surface area contributed by atoms with E-state index in [1.807, 2.05) is 31.2 Å². The lowest BCUT2D eigenvalue weighted by Gasteiger charge is -2.38. The Bertz CT molecular complexity index is 692. The van der Waals surface area contributed by atoms with Crippen molar-refractivity contribution in [3.05, 3.63) is 85.3 Å². The van der Waals surface area contributed by atoms with E-state index in [0.29, 0.717) is 13.2 Å². The Kier molecular flexibility index (Phi) is 8.58. The van der Waals surface area contributed by atoms with E-state index >= 15 is 0 Å². The van der Waals surface area contributed by atoms with Crippen molar-refractivity contribution in [2.45, 2.75) is 18.6 Å². The summed E-state index contributed by atoms with van der Waals surface area (Å²) in [4.78, 5) is 0. The minimum Gasteiger partial charge on any atom is -0.508 e. The second kappa shape index (κ2) is 11.1. The van der Waals surface area contributed by atoms with Gasteiger partial charge in [0.1, 0.15) is 24.7 Å². The Hall–Kier alpha value is -2.96. The maximum Gasteiger partial charge on any atom is 0.171 e. The Morgan fingerprint density at radius 3 is 1.48 bits per heavy atom. The molecule has 0 saturated carbocycles. The quantitative estimate of drug-likeness (QED) is 0.300. The highest BCUT2D eigenvalue weighted by molar-refractivity contribution is 5.43. The molecule has 6 nitrogen and oxygen atoms in total. The average molecular weight is 400 g/mol. The molecule has 0 saturated heterocycles. The highest BCUT2D eigenvalue weighted by Gasteiger charge is 2.40. The maximum absolute atomic E-state index is 9.72. The molecule has 0 aliphatic rings. The van der Waals surface area contributed by atoms with Crippen LogP contribution in [0.25, 0.3) is 0 Å². The fourth-order valence-corrected chi connectivity index (χ4v) is 3.01. The zero-order valence-electron chi connectivity index (χ0n) is 16.6. The van der Waals surface area contributed by atoms with E-state index in [0.717, 1.165) is 11.1 Å². The van der Waals surface area contributed by atoms with Gasteiger partial charge in [-0.25, -0.2) is 0 Å². The molecule has 0 aromatic heterocycles. The van der Waals surface area contributed by atoms with E-state index in [-0.39, 0.29) is 24.7 Å². The smallest absolute Gasteiger partial charge is 0.171 e. The SMILES string of the molecule is C=COCCOC(OCCOC=C)C(C)(c1ccc(O)cc1)c1ccc(O)cc1. The van der Waals surface area contributed by atoms with Gasteiger partial charge in [-0.2, -0.15) is 0 Å². The van der Waals surface area contributed by atoms with Crippen LogP contribution in [0.15, 0.2) is 74.2 Å². The van der Waals surface area contributed by atoms with Gasteiger partial charge in [0.15, 0.2) is 6.29 Å². The van der Waals surface area contributed by atoms with Crippen LogP contribution < -0.4 is 0 Å². The summed E-state index contributed by atoms with van der Waals surface area (Å²) in [5, 5.41) is 19.4. The first kappa shape index (κ1) is 22.3. The molecule has 0 aliphatic heterocycles. The predicted molar refractivity (Wildman–Crippen MR) is 111 cm³/mol. The highest BCUT2D eigenvalue weighted by atomic mass is 16.7. The van der Waals surface area contributed by atoms with Gasteiger partial charge in [-0.05, 0) is 42.3 Å². The summed E-state index contributed by atoms with van der Waals surface area (Å²) in [6.45, 7) is 10.3. The van der Waals surface area contributed by atoms with Crippen molar-refractivity contribution in [3.63, 3.8) is 0 Å². The summed E-state index contributed by atoms with van der Waals surface area (Å²) in [7, 11) is 0. The first-order valence-corrected chi connectivity index (χ1v) is 9.29. The molecule has 2 aromatic rings. The molecule has 6 heteroatoms. The Morgan fingerprint density at radius 1 is 0.759 bits per heavy atom. The van der Waals surface area contributed by atoms with Crippen LogP contribution in [0.2, 0.25) is 0 Å². The molecule has 0 aliphatic carbocycles. The van der Waals surface area contributed by atoms with E-state index in [1.165, 1.54) is 12.5 Å². The summed E-state index contributed by atoms with van der Waals surface area (Å²) in [5.74, 6) is 0.331. The van der Waals surface area contributed by atoms with Gasteiger partial charge < -0.3 is 29.2 Å². The van der Waals surface area contributed by atoms with Crippen molar-refractivity contribution in [1.82, 2.24) is 0 Å². The number of aromatic hydroxyl groups is 2. The minimum absolute atomic E-state index is 0.166. The first-order valence-electron chi connectivity index (χ1n) is 9.29. The molecular weight excluding hydrogens is 372 g/mol. The van der Waals surface area contributed by atoms with Gasteiger partial charge in [0, 0.05) is 0 Å². The van der Waals surface area contributed by atoms with Crippen molar-refractivity contribution < 1.29 is 29.2 Å². The standard InChI is InChI=1S/C23H28O6/c1-4-26-14-16-28-22(29-17-15-27-5-2)23(3,18-6-10-20(24)11-7-18)19-8-12-21(25)13-9-19/h4-13,22,24-25H,1-2,14-17H2,3H3. The molecule has 29 heavy (non-hydrogen) atoms. The third-order valence-electron chi connectivity index (χ3n) is 4.58. The number of phenols is 2. The summed E-state index contributed by atoms with van der Waals surface area (Å²) in [5.41, 5.74) is 1.00. The number of benzene rings is 2. The van der Waals surface area contributed by atoms with Crippen molar-refractivity contribution in [2.24, 2.45) is 0 Å². The number of rotatable bonds is 13. The largest absolute Gasteiger partial charge is 0.508 e. The molecule has 156 valence electrons. The van der Waals surface area contributed by atoms with Crippen LogP contribution >= 0.6 is 0 Å². The molecule has 2 N–H and O–H groups in total. The molecule has 0 spiro atoms. The van der Waals surface area contributed by atoms with Gasteiger partial charge in [0.05, 0.1) is 31.2 Å². The van der Waals surface area contributed by atoms with E-state index in [2.05, 4.69) is 13.2 Å². The third kappa shape index (κ3) is 6.01. The Morgan fingerprint density at radius 2 is 1.14 bits per heavy atom. The van der Waals surface area contributed by atoms with Gasteiger partial charge in [-0.1, -0.05) is 37.4 Å². The molecule has 0 heterocycles. The molecule has 0 amide bonds. The topological polar surface area (TPSA) is 77.4 Å². The van der Waals surface area contributed by atoms with Crippen molar-refractivity contribution >= 4 is 0 Å². The Balaban J connectivity index is 2.40. The van der Waals surface area contributed by atoms with E-state index in [4.69, 9.17) is 18.9 Å². The zero-order valence-corrected chi connectivity index (χ0v) is 16.6. The number of phenolic OH excluding ortho intramolecular Hbond substituents is 2. The summed E-state index contributed by atoms with van der Waals surface area (Å²) < 4.78 is 22.4. The number of ether oxygens (including phenoxy) is 4. The number of hydrogen-bond acceptors (Lipinski definition) is 6.